The highest BCUT2D eigenvalue weighted by Gasteiger charge is 2.47. The summed E-state index contributed by atoms with van der Waals surface area (Å²) in [6.07, 6.45) is -4.26. The van der Waals surface area contributed by atoms with Gasteiger partial charge in [-0.05, 0) is 11.1 Å². The third-order valence-corrected chi connectivity index (χ3v) is 3.66. The summed E-state index contributed by atoms with van der Waals surface area (Å²) >= 11 is 0. The highest BCUT2D eigenvalue weighted by molar-refractivity contribution is 5.87. The molecule has 0 fully saturated rings. The maximum absolute atomic E-state index is 13.3. The van der Waals surface area contributed by atoms with E-state index in [4.69, 9.17) is 15.2 Å². The second-order valence-corrected chi connectivity index (χ2v) is 5.73. The Bertz CT molecular complexity index is 725. The summed E-state index contributed by atoms with van der Waals surface area (Å²) in [6.45, 7) is -0.317. The number of rotatable bonds is 8. The molecule has 0 saturated carbocycles. The van der Waals surface area contributed by atoms with E-state index in [0.29, 0.717) is 11.1 Å². The van der Waals surface area contributed by atoms with Crippen molar-refractivity contribution in [3.63, 3.8) is 0 Å². The van der Waals surface area contributed by atoms with E-state index in [9.17, 15) is 18.4 Å². The van der Waals surface area contributed by atoms with Crippen molar-refractivity contribution in [2.45, 2.75) is 31.6 Å². The summed E-state index contributed by atoms with van der Waals surface area (Å²) < 4.78 is 36.5. The van der Waals surface area contributed by atoms with Gasteiger partial charge < -0.3 is 15.2 Å². The summed E-state index contributed by atoms with van der Waals surface area (Å²) in [5.41, 5.74) is 4.03. The minimum atomic E-state index is -3.28. The molecule has 26 heavy (non-hydrogen) atoms. The number of halogens is 2. The Morgan fingerprint density at radius 1 is 0.885 bits per heavy atom. The Balaban J connectivity index is 1.94. The molecule has 0 spiro atoms. The molecular weight excluding hydrogens is 344 g/mol. The number of esters is 2. The lowest BCUT2D eigenvalue weighted by Gasteiger charge is -2.25. The van der Waals surface area contributed by atoms with E-state index in [0.717, 1.165) is 0 Å². The average Bonchev–Trinajstić information content (AvgIpc) is 2.65. The third-order valence-electron chi connectivity index (χ3n) is 3.66. The highest BCUT2D eigenvalue weighted by atomic mass is 19.3. The van der Waals surface area contributed by atoms with Gasteiger partial charge in [0.25, 0.3) is 6.43 Å². The molecule has 2 rings (SSSR count). The predicted molar refractivity (Wildman–Crippen MR) is 90.0 cm³/mol. The van der Waals surface area contributed by atoms with Crippen molar-refractivity contribution in [1.82, 2.24) is 0 Å². The zero-order valence-corrected chi connectivity index (χ0v) is 13.9. The number of carbonyl (C=O) groups is 2. The number of benzene rings is 2. The van der Waals surface area contributed by atoms with Crippen molar-refractivity contribution in [3.05, 3.63) is 71.8 Å². The van der Waals surface area contributed by atoms with Gasteiger partial charge in [0.1, 0.15) is 13.2 Å². The molecule has 0 amide bonds. The van der Waals surface area contributed by atoms with Crippen LogP contribution in [0.4, 0.5) is 8.78 Å². The average molecular weight is 363 g/mol. The summed E-state index contributed by atoms with van der Waals surface area (Å²) in [5, 5.41) is 0. The first-order valence-electron chi connectivity index (χ1n) is 7.89. The molecule has 0 aromatic heterocycles. The van der Waals surface area contributed by atoms with Gasteiger partial charge in [0, 0.05) is 0 Å². The summed E-state index contributed by atoms with van der Waals surface area (Å²) in [7, 11) is 0. The number of hydrogen-bond acceptors (Lipinski definition) is 5. The van der Waals surface area contributed by atoms with E-state index in [2.05, 4.69) is 0 Å². The summed E-state index contributed by atoms with van der Waals surface area (Å²) in [4.78, 5) is 23.9. The predicted octanol–water partition coefficient (Wildman–Crippen LogP) is 2.83. The first kappa shape index (κ1) is 19.5. The molecule has 7 heteroatoms. The van der Waals surface area contributed by atoms with Crippen molar-refractivity contribution in [3.8, 4) is 0 Å². The van der Waals surface area contributed by atoms with Crippen molar-refractivity contribution in [1.29, 1.82) is 0 Å². The lowest BCUT2D eigenvalue weighted by Crippen LogP contribution is -2.56. The molecule has 2 N–H and O–H groups in total. The SMILES string of the molecule is N[C@](CC(=O)OCc1ccccc1)(C(=O)OCc1ccccc1)C(F)F. The minimum Gasteiger partial charge on any atom is -0.461 e. The van der Waals surface area contributed by atoms with E-state index >= 15 is 0 Å². The number of hydrogen-bond donors (Lipinski definition) is 1. The Morgan fingerprint density at radius 2 is 1.35 bits per heavy atom. The quantitative estimate of drug-likeness (QED) is 0.730. The first-order chi connectivity index (χ1) is 12.4. The van der Waals surface area contributed by atoms with Crippen LogP contribution in [-0.2, 0) is 32.3 Å². The molecule has 0 saturated heterocycles. The number of ether oxygens (including phenoxy) is 2. The van der Waals surface area contributed by atoms with Gasteiger partial charge in [-0.25, -0.2) is 13.6 Å². The van der Waals surface area contributed by atoms with Crippen LogP contribution in [0.2, 0.25) is 0 Å². The fraction of sp³-hybridized carbons (Fsp3) is 0.263. The summed E-state index contributed by atoms with van der Waals surface area (Å²) in [5.74, 6) is -2.36. The maximum atomic E-state index is 13.3. The molecular formula is C19H19F2NO4. The highest BCUT2D eigenvalue weighted by Crippen LogP contribution is 2.21. The Hall–Kier alpha value is -2.80. The molecule has 5 nitrogen and oxygen atoms in total. The van der Waals surface area contributed by atoms with Crippen LogP contribution in [0.25, 0.3) is 0 Å². The normalized spacial score (nSPS) is 13.1. The van der Waals surface area contributed by atoms with Crippen LogP contribution in [0.3, 0.4) is 0 Å². The van der Waals surface area contributed by atoms with Crippen LogP contribution in [0.5, 0.6) is 0 Å². The maximum Gasteiger partial charge on any atom is 0.333 e. The fourth-order valence-electron chi connectivity index (χ4n) is 2.12. The van der Waals surface area contributed by atoms with Gasteiger partial charge in [-0.1, -0.05) is 60.7 Å². The molecule has 0 aliphatic heterocycles. The standard InChI is InChI=1S/C19H19F2NO4/c20-17(21)19(22,18(24)26-13-15-9-5-2-6-10-15)11-16(23)25-12-14-7-3-1-4-8-14/h1-10,17H,11-13,22H2/t19-/m0/s1. The van der Waals surface area contributed by atoms with E-state index in [1.165, 1.54) is 0 Å². The number of nitrogens with two attached hydrogens (primary N) is 1. The number of alkyl halides is 2. The smallest absolute Gasteiger partial charge is 0.333 e. The van der Waals surface area contributed by atoms with Crippen LogP contribution in [0.15, 0.2) is 60.7 Å². The topological polar surface area (TPSA) is 78.6 Å². The van der Waals surface area contributed by atoms with Crippen LogP contribution in [0, 0.1) is 0 Å². The van der Waals surface area contributed by atoms with E-state index in [1.54, 1.807) is 60.7 Å². The largest absolute Gasteiger partial charge is 0.461 e. The second kappa shape index (κ2) is 9.05. The van der Waals surface area contributed by atoms with Crippen molar-refractivity contribution >= 4 is 11.9 Å². The van der Waals surface area contributed by atoms with Gasteiger partial charge in [-0.3, -0.25) is 4.79 Å². The zero-order chi connectivity index (χ0) is 19.0. The van der Waals surface area contributed by atoms with Gasteiger partial charge >= 0.3 is 11.9 Å². The van der Waals surface area contributed by atoms with Crippen LogP contribution < -0.4 is 5.73 Å². The first-order valence-corrected chi connectivity index (χ1v) is 7.89. The Kier molecular flexibility index (Phi) is 6.80. The van der Waals surface area contributed by atoms with Gasteiger partial charge in [-0.15, -0.1) is 0 Å². The van der Waals surface area contributed by atoms with Crippen LogP contribution in [-0.4, -0.2) is 23.9 Å². The molecule has 0 bridgehead atoms. The third kappa shape index (κ3) is 5.35. The molecule has 0 unspecified atom stereocenters. The van der Waals surface area contributed by atoms with Crippen molar-refractivity contribution < 1.29 is 27.8 Å². The lowest BCUT2D eigenvalue weighted by molar-refractivity contribution is -0.165. The molecule has 0 radical (unpaired) electrons. The van der Waals surface area contributed by atoms with Gasteiger partial charge in [0.2, 0.25) is 0 Å². The lowest BCUT2D eigenvalue weighted by atomic mass is 9.97. The Morgan fingerprint density at radius 3 is 1.81 bits per heavy atom. The molecule has 138 valence electrons. The molecule has 2 aromatic rings. The van der Waals surface area contributed by atoms with Crippen molar-refractivity contribution in [2.75, 3.05) is 0 Å². The van der Waals surface area contributed by atoms with Crippen LogP contribution >= 0.6 is 0 Å². The molecule has 2 aromatic carbocycles. The molecule has 1 atom stereocenters. The second-order valence-electron chi connectivity index (χ2n) is 5.73. The van der Waals surface area contributed by atoms with Gasteiger partial charge in [-0.2, -0.15) is 0 Å². The minimum absolute atomic E-state index is 0.0992. The number of carbonyl (C=O) groups excluding carboxylic acids is 2. The zero-order valence-electron chi connectivity index (χ0n) is 13.9. The van der Waals surface area contributed by atoms with Gasteiger partial charge in [0.05, 0.1) is 6.42 Å². The Labute approximate surface area is 149 Å². The monoisotopic (exact) mass is 363 g/mol. The van der Waals surface area contributed by atoms with Crippen LogP contribution in [0.1, 0.15) is 17.5 Å². The van der Waals surface area contributed by atoms with E-state index in [-0.39, 0.29) is 13.2 Å². The van der Waals surface area contributed by atoms with E-state index < -0.39 is 30.3 Å². The van der Waals surface area contributed by atoms with Crippen molar-refractivity contribution in [2.24, 2.45) is 5.73 Å². The summed E-state index contributed by atoms with van der Waals surface area (Å²) in [6, 6.07) is 17.2. The van der Waals surface area contributed by atoms with Gasteiger partial charge in [0.15, 0.2) is 5.54 Å². The molecule has 0 aliphatic carbocycles. The molecule has 0 aliphatic rings. The fourth-order valence-corrected chi connectivity index (χ4v) is 2.12. The van der Waals surface area contributed by atoms with E-state index in [1.807, 2.05) is 0 Å². The molecule has 0 heterocycles.